The van der Waals surface area contributed by atoms with Crippen molar-refractivity contribution in [3.8, 4) is 5.75 Å². The highest BCUT2D eigenvalue weighted by Gasteiger charge is 2.08. The maximum Gasteiger partial charge on any atom is 0.308 e. The highest BCUT2D eigenvalue weighted by atomic mass is 16.5. The molecule has 2 rings (SSSR count). The molecule has 2 amide bonds. The first kappa shape index (κ1) is 18.1. The van der Waals surface area contributed by atoms with Crippen molar-refractivity contribution in [3.63, 3.8) is 0 Å². The summed E-state index contributed by atoms with van der Waals surface area (Å²) in [4.78, 5) is 38.7. The highest BCUT2D eigenvalue weighted by Crippen LogP contribution is 2.13. The molecule has 2 aromatic rings. The van der Waals surface area contributed by atoms with Crippen LogP contribution in [0.2, 0.25) is 0 Å². The van der Waals surface area contributed by atoms with Crippen LogP contribution in [-0.4, -0.2) is 35.9 Å². The third kappa shape index (κ3) is 6.06. The van der Waals surface area contributed by atoms with Gasteiger partial charge in [0.15, 0.2) is 0 Å². The Morgan fingerprint density at radius 1 is 1.00 bits per heavy atom. The first-order valence-corrected chi connectivity index (χ1v) is 7.82. The van der Waals surface area contributed by atoms with Gasteiger partial charge in [0.1, 0.15) is 11.4 Å². The molecule has 0 unspecified atom stereocenters. The van der Waals surface area contributed by atoms with Crippen LogP contribution in [0.25, 0.3) is 0 Å². The molecule has 1 aromatic carbocycles. The van der Waals surface area contributed by atoms with Gasteiger partial charge < -0.3 is 15.4 Å². The van der Waals surface area contributed by atoms with E-state index in [1.165, 1.54) is 13.0 Å². The van der Waals surface area contributed by atoms with Crippen molar-refractivity contribution >= 4 is 17.8 Å². The van der Waals surface area contributed by atoms with E-state index >= 15 is 0 Å². The second-order valence-electron chi connectivity index (χ2n) is 5.20. The van der Waals surface area contributed by atoms with E-state index in [1.807, 2.05) is 0 Å². The Bertz CT molecular complexity index is 747. The van der Waals surface area contributed by atoms with Crippen molar-refractivity contribution in [2.24, 2.45) is 0 Å². The molecule has 0 saturated carbocycles. The van der Waals surface area contributed by atoms with Crippen LogP contribution in [0.4, 0.5) is 0 Å². The van der Waals surface area contributed by atoms with Gasteiger partial charge in [-0.15, -0.1) is 0 Å². The van der Waals surface area contributed by atoms with E-state index in [1.54, 1.807) is 42.6 Å². The van der Waals surface area contributed by atoms with Gasteiger partial charge in [-0.3, -0.25) is 19.4 Å². The number of hydrogen-bond acceptors (Lipinski definition) is 5. The van der Waals surface area contributed by atoms with Crippen LogP contribution in [0.15, 0.2) is 48.7 Å². The summed E-state index contributed by atoms with van der Waals surface area (Å²) in [6.45, 7) is 2.12. The van der Waals surface area contributed by atoms with Crippen LogP contribution >= 0.6 is 0 Å². The third-order valence-corrected chi connectivity index (χ3v) is 3.18. The summed E-state index contributed by atoms with van der Waals surface area (Å²) in [6.07, 6.45) is 2.13. The van der Waals surface area contributed by atoms with E-state index in [9.17, 15) is 14.4 Å². The first-order chi connectivity index (χ1) is 12.1. The summed E-state index contributed by atoms with van der Waals surface area (Å²) in [7, 11) is 0. The molecular formula is C18H19N3O4. The average molecular weight is 341 g/mol. The van der Waals surface area contributed by atoms with E-state index in [0.29, 0.717) is 36.5 Å². The SMILES string of the molecule is CC(=O)Oc1cccc(C(=O)NCCCNC(=O)c2ccccn2)c1. The molecule has 1 aromatic heterocycles. The minimum atomic E-state index is -0.443. The second-order valence-corrected chi connectivity index (χ2v) is 5.20. The third-order valence-electron chi connectivity index (χ3n) is 3.18. The lowest BCUT2D eigenvalue weighted by Crippen LogP contribution is -2.30. The zero-order valence-electron chi connectivity index (χ0n) is 13.8. The molecule has 25 heavy (non-hydrogen) atoms. The number of pyridine rings is 1. The Morgan fingerprint density at radius 3 is 2.44 bits per heavy atom. The summed E-state index contributed by atoms with van der Waals surface area (Å²) in [5.74, 6) is -0.643. The summed E-state index contributed by atoms with van der Waals surface area (Å²) >= 11 is 0. The number of hydrogen-bond donors (Lipinski definition) is 2. The van der Waals surface area contributed by atoms with Gasteiger partial charge in [-0.2, -0.15) is 0 Å². The Morgan fingerprint density at radius 2 is 1.76 bits per heavy atom. The molecule has 0 saturated heterocycles. The lowest BCUT2D eigenvalue weighted by atomic mass is 10.2. The smallest absolute Gasteiger partial charge is 0.308 e. The lowest BCUT2D eigenvalue weighted by Gasteiger charge is -2.08. The Hall–Kier alpha value is -3.22. The summed E-state index contributed by atoms with van der Waals surface area (Å²) < 4.78 is 4.94. The van der Waals surface area contributed by atoms with Crippen molar-refractivity contribution < 1.29 is 19.1 Å². The number of carbonyl (C=O) groups is 3. The Kier molecular flexibility index (Phi) is 6.65. The van der Waals surface area contributed by atoms with Crippen LogP contribution in [0.3, 0.4) is 0 Å². The monoisotopic (exact) mass is 341 g/mol. The molecule has 0 atom stereocenters. The predicted molar refractivity (Wildman–Crippen MR) is 91.3 cm³/mol. The van der Waals surface area contributed by atoms with Crippen molar-refractivity contribution in [2.75, 3.05) is 13.1 Å². The van der Waals surface area contributed by atoms with Gasteiger partial charge in [-0.05, 0) is 36.8 Å². The molecule has 0 fully saturated rings. The molecule has 130 valence electrons. The maximum atomic E-state index is 12.1. The molecule has 1 heterocycles. The van der Waals surface area contributed by atoms with E-state index in [4.69, 9.17) is 4.74 Å². The molecule has 7 heteroatoms. The molecule has 2 N–H and O–H groups in total. The molecule has 0 bridgehead atoms. The summed E-state index contributed by atoms with van der Waals surface area (Å²) in [5.41, 5.74) is 0.755. The van der Waals surface area contributed by atoms with E-state index in [0.717, 1.165) is 0 Å². The fourth-order valence-electron chi connectivity index (χ4n) is 2.05. The fraction of sp³-hybridized carbons (Fsp3) is 0.222. The van der Waals surface area contributed by atoms with Gasteiger partial charge in [-0.1, -0.05) is 12.1 Å². The quantitative estimate of drug-likeness (QED) is 0.452. The molecule has 0 aliphatic heterocycles. The maximum absolute atomic E-state index is 12.1. The van der Waals surface area contributed by atoms with Crippen molar-refractivity contribution in [1.82, 2.24) is 15.6 Å². The number of amides is 2. The fourth-order valence-corrected chi connectivity index (χ4v) is 2.05. The molecule has 0 radical (unpaired) electrons. The zero-order valence-corrected chi connectivity index (χ0v) is 13.8. The van der Waals surface area contributed by atoms with Crippen molar-refractivity contribution in [1.29, 1.82) is 0 Å². The number of nitrogens with zero attached hydrogens (tertiary/aromatic N) is 1. The average Bonchev–Trinajstić information content (AvgIpc) is 2.61. The number of rotatable bonds is 7. The molecule has 7 nitrogen and oxygen atoms in total. The number of aromatic nitrogens is 1. The van der Waals surface area contributed by atoms with Crippen molar-refractivity contribution in [3.05, 3.63) is 59.9 Å². The number of benzene rings is 1. The highest BCUT2D eigenvalue weighted by molar-refractivity contribution is 5.94. The van der Waals surface area contributed by atoms with E-state index < -0.39 is 5.97 Å². The molecule has 0 aliphatic carbocycles. The topological polar surface area (TPSA) is 97.4 Å². The van der Waals surface area contributed by atoms with E-state index in [-0.39, 0.29) is 11.8 Å². The van der Waals surface area contributed by atoms with Crippen LogP contribution in [-0.2, 0) is 4.79 Å². The van der Waals surface area contributed by atoms with E-state index in [2.05, 4.69) is 15.6 Å². The Labute approximate surface area is 145 Å². The van der Waals surface area contributed by atoms with Gasteiger partial charge in [0.2, 0.25) is 0 Å². The van der Waals surface area contributed by atoms with Gasteiger partial charge in [0, 0.05) is 31.8 Å². The minimum Gasteiger partial charge on any atom is -0.427 e. The van der Waals surface area contributed by atoms with Crippen LogP contribution in [0, 0.1) is 0 Å². The minimum absolute atomic E-state index is 0.249. The van der Waals surface area contributed by atoms with Crippen LogP contribution in [0.1, 0.15) is 34.2 Å². The number of ether oxygens (including phenoxy) is 1. The van der Waals surface area contributed by atoms with Gasteiger partial charge in [-0.25, -0.2) is 0 Å². The predicted octanol–water partition coefficient (Wildman–Crippen LogP) is 1.56. The zero-order chi connectivity index (χ0) is 18.1. The summed E-state index contributed by atoms with van der Waals surface area (Å²) in [5, 5.41) is 5.48. The lowest BCUT2D eigenvalue weighted by molar-refractivity contribution is -0.131. The largest absolute Gasteiger partial charge is 0.427 e. The molecule has 0 aliphatic rings. The molecule has 0 spiro atoms. The number of esters is 1. The number of nitrogens with one attached hydrogen (secondary N) is 2. The summed E-state index contributed by atoms with van der Waals surface area (Å²) in [6, 6.07) is 11.5. The van der Waals surface area contributed by atoms with Crippen molar-refractivity contribution in [2.45, 2.75) is 13.3 Å². The second kappa shape index (κ2) is 9.17. The van der Waals surface area contributed by atoms with Crippen LogP contribution in [0.5, 0.6) is 5.75 Å². The van der Waals surface area contributed by atoms with Gasteiger partial charge in [0.05, 0.1) is 0 Å². The van der Waals surface area contributed by atoms with Gasteiger partial charge in [0.25, 0.3) is 11.8 Å². The number of carbonyl (C=O) groups excluding carboxylic acids is 3. The van der Waals surface area contributed by atoms with Crippen LogP contribution < -0.4 is 15.4 Å². The molecular weight excluding hydrogens is 322 g/mol. The first-order valence-electron chi connectivity index (χ1n) is 7.82. The van der Waals surface area contributed by atoms with Gasteiger partial charge >= 0.3 is 5.97 Å². The standard InChI is InChI=1S/C18H19N3O4/c1-13(22)25-15-7-4-6-14(12-15)17(23)20-10-5-11-21-18(24)16-8-2-3-9-19-16/h2-4,6-9,12H,5,10-11H2,1H3,(H,20,23)(H,21,24). The normalized spacial score (nSPS) is 9.96. The Balaban J connectivity index is 1.72.